The van der Waals surface area contributed by atoms with Crippen molar-refractivity contribution in [1.82, 2.24) is 49.8 Å². The van der Waals surface area contributed by atoms with Crippen LogP contribution in [-0.4, -0.2) is 139 Å². The fourth-order valence-electron chi connectivity index (χ4n) is 6.53. The molecule has 0 spiro atoms. The number of carbonyl (C=O) groups excluding carboxylic acids is 7. The second-order valence-electron chi connectivity index (χ2n) is 14.6. The number of nitrogen functional groups attached to an aromatic ring is 1. The molecule has 0 fully saturated rings. The summed E-state index contributed by atoms with van der Waals surface area (Å²) in [5.41, 5.74) is 18.0. The van der Waals surface area contributed by atoms with Crippen molar-refractivity contribution in [3.8, 4) is 0 Å². The van der Waals surface area contributed by atoms with Gasteiger partial charge in [0, 0.05) is 61.8 Å². The first-order valence-electron chi connectivity index (χ1n) is 20.5. The van der Waals surface area contributed by atoms with Gasteiger partial charge in [-0.3, -0.25) is 44.0 Å². The maximum Gasteiger partial charge on any atom is 0.407 e. The zero-order chi connectivity index (χ0) is 48.5. The number of nitro groups is 1. The molecule has 0 aliphatic heterocycles. The standard InChI is InChI=1S/C41H49N15O11/c1-66-39(62)29(8-5-13-46-40(43)44)51-31(57)11-14-45-32(58)19-55(34(60)21-52-16-12-27-18-28(56(64)65)9-10-30(27)52)35(61)22-53(17-15-47-41(63)67-23-26-6-3-2-4-7-26)33(59)20-54-25-50-36-37(42)48-24-49-38(36)54/h2-4,6-7,9-10,12,16,18,24-25,29H,5,8,11,13-15,17,19-23H2,1H3,(H,45,58)(H,47,63)(H,51,57)(H2,42,48,49)(H4,43,44,46)/t29-/m0/s1. The van der Waals surface area contributed by atoms with Crippen molar-refractivity contribution in [1.29, 1.82) is 0 Å². The molecule has 67 heavy (non-hydrogen) atoms. The third kappa shape index (κ3) is 14.4. The molecule has 0 aliphatic rings. The zero-order valence-electron chi connectivity index (χ0n) is 36.2. The van der Waals surface area contributed by atoms with E-state index >= 15 is 0 Å². The van der Waals surface area contributed by atoms with Crippen molar-refractivity contribution in [3.63, 3.8) is 0 Å². The van der Waals surface area contributed by atoms with E-state index in [9.17, 15) is 43.7 Å². The van der Waals surface area contributed by atoms with E-state index in [4.69, 9.17) is 26.7 Å². The van der Waals surface area contributed by atoms with Crippen LogP contribution in [0.4, 0.5) is 16.3 Å². The highest BCUT2D eigenvalue weighted by molar-refractivity contribution is 6.01. The molecule has 9 N–H and O–H groups in total. The lowest BCUT2D eigenvalue weighted by Crippen LogP contribution is -2.51. The molecule has 0 radical (unpaired) electrons. The minimum Gasteiger partial charge on any atom is -0.467 e. The SMILES string of the molecule is COC(=O)[C@H](CCCN=C(N)N)NC(=O)CCNC(=O)CN(C(=O)CN(CCNC(=O)OCc1ccccc1)C(=O)Cn1cnc2c(N)ncnc21)C(=O)Cn1ccc2cc([N+](=O)[O-])ccc21. The smallest absolute Gasteiger partial charge is 0.407 e. The Hall–Kier alpha value is -8.71. The van der Waals surface area contributed by atoms with Crippen LogP contribution < -0.4 is 33.2 Å². The van der Waals surface area contributed by atoms with E-state index in [1.165, 1.54) is 52.3 Å². The van der Waals surface area contributed by atoms with Crippen LogP contribution in [0.3, 0.4) is 0 Å². The number of aromatic nitrogens is 5. The third-order valence-corrected chi connectivity index (χ3v) is 9.89. The highest BCUT2D eigenvalue weighted by Gasteiger charge is 2.29. The molecule has 0 saturated heterocycles. The molecule has 354 valence electrons. The number of hydrogen-bond donors (Lipinski definition) is 6. The Morgan fingerprint density at radius 1 is 0.896 bits per heavy atom. The van der Waals surface area contributed by atoms with Crippen LogP contribution in [0, 0.1) is 10.1 Å². The predicted octanol–water partition coefficient (Wildman–Crippen LogP) is -0.700. The summed E-state index contributed by atoms with van der Waals surface area (Å²) in [5.74, 6) is -4.89. The van der Waals surface area contributed by atoms with Crippen LogP contribution >= 0.6 is 0 Å². The van der Waals surface area contributed by atoms with Crippen LogP contribution in [0.2, 0.25) is 0 Å². The summed E-state index contributed by atoms with van der Waals surface area (Å²) in [4.78, 5) is 122. The Balaban J connectivity index is 1.32. The molecule has 1 atom stereocenters. The minimum atomic E-state index is -1.04. The number of guanidine groups is 1. The molecule has 0 unspecified atom stereocenters. The number of rotatable bonds is 23. The first kappa shape index (κ1) is 49.3. The van der Waals surface area contributed by atoms with Gasteiger partial charge in [0.1, 0.15) is 50.7 Å². The molecule has 0 aliphatic carbocycles. The Bertz CT molecular complexity index is 2630. The molecule has 26 heteroatoms. The summed E-state index contributed by atoms with van der Waals surface area (Å²) in [7, 11) is 1.15. The van der Waals surface area contributed by atoms with Crippen molar-refractivity contribution in [2.45, 2.75) is 45.0 Å². The third-order valence-electron chi connectivity index (χ3n) is 9.89. The molecule has 5 aromatic rings. The molecule has 2 aromatic carbocycles. The second-order valence-corrected chi connectivity index (χ2v) is 14.6. The molecule has 0 bridgehead atoms. The lowest BCUT2D eigenvalue weighted by Gasteiger charge is -2.27. The summed E-state index contributed by atoms with van der Waals surface area (Å²) in [5, 5.41) is 19.4. The molecule has 3 aromatic heterocycles. The van der Waals surface area contributed by atoms with Gasteiger partial charge < -0.3 is 56.7 Å². The Labute approximate surface area is 381 Å². The van der Waals surface area contributed by atoms with Crippen molar-refractivity contribution >= 4 is 81.1 Å². The summed E-state index contributed by atoms with van der Waals surface area (Å²) in [6.45, 7) is -3.21. The summed E-state index contributed by atoms with van der Waals surface area (Å²) < 4.78 is 12.8. The number of esters is 1. The number of non-ortho nitro benzene ring substituents is 1. The summed E-state index contributed by atoms with van der Waals surface area (Å²) >= 11 is 0. The predicted molar refractivity (Wildman–Crippen MR) is 238 cm³/mol. The Morgan fingerprint density at radius 3 is 2.39 bits per heavy atom. The van der Waals surface area contributed by atoms with Crippen LogP contribution in [0.1, 0.15) is 24.8 Å². The number of aliphatic imine (C=N–C) groups is 1. The number of nitro benzene ring substituents is 1. The number of nitrogens with zero attached hydrogens (tertiary/aromatic N) is 9. The van der Waals surface area contributed by atoms with Crippen molar-refractivity contribution in [3.05, 3.63) is 89.1 Å². The maximum absolute atomic E-state index is 14.3. The number of fused-ring (bicyclic) bond motifs is 2. The number of nitrogens with two attached hydrogens (primary N) is 3. The first-order valence-corrected chi connectivity index (χ1v) is 20.5. The van der Waals surface area contributed by atoms with E-state index < -0.39 is 78.7 Å². The minimum absolute atomic E-state index is 0.0420. The zero-order valence-corrected chi connectivity index (χ0v) is 36.2. The first-order chi connectivity index (χ1) is 32.1. The summed E-state index contributed by atoms with van der Waals surface area (Å²) in [6.07, 6.45) is 3.29. The number of imidazole rings is 1. The van der Waals surface area contributed by atoms with Gasteiger partial charge in [0.05, 0.1) is 18.4 Å². The van der Waals surface area contributed by atoms with Crippen LogP contribution in [-0.2, 0) is 57.9 Å². The van der Waals surface area contributed by atoms with Gasteiger partial charge in [-0.1, -0.05) is 30.3 Å². The molecular formula is C41H49N15O11. The van der Waals surface area contributed by atoms with Gasteiger partial charge in [-0.05, 0) is 30.5 Å². The highest BCUT2D eigenvalue weighted by atomic mass is 16.6. The molecule has 26 nitrogen and oxygen atoms in total. The lowest BCUT2D eigenvalue weighted by molar-refractivity contribution is -0.384. The average molecular weight is 928 g/mol. The number of ether oxygens (including phenoxy) is 2. The van der Waals surface area contributed by atoms with E-state index in [2.05, 4.69) is 35.9 Å². The topological polar surface area (TPSA) is 363 Å². The van der Waals surface area contributed by atoms with Gasteiger partial charge in [-0.2, -0.15) is 0 Å². The van der Waals surface area contributed by atoms with Gasteiger partial charge in [-0.25, -0.2) is 24.5 Å². The fourth-order valence-corrected chi connectivity index (χ4v) is 6.53. The second kappa shape index (κ2) is 23.8. The lowest BCUT2D eigenvalue weighted by atomic mass is 10.1. The maximum atomic E-state index is 14.3. The van der Waals surface area contributed by atoms with Crippen LogP contribution in [0.15, 0.2) is 78.4 Å². The number of benzene rings is 2. The molecular weight excluding hydrogens is 879 g/mol. The van der Waals surface area contributed by atoms with Crippen LogP contribution in [0.5, 0.6) is 0 Å². The van der Waals surface area contributed by atoms with Crippen LogP contribution in [0.25, 0.3) is 22.1 Å². The van der Waals surface area contributed by atoms with Gasteiger partial charge in [0.15, 0.2) is 17.4 Å². The van der Waals surface area contributed by atoms with E-state index in [0.717, 1.165) is 17.6 Å². The van der Waals surface area contributed by atoms with E-state index in [-0.39, 0.29) is 74.3 Å². The van der Waals surface area contributed by atoms with Crippen molar-refractivity contribution < 1.29 is 48.0 Å². The molecule has 3 heterocycles. The van der Waals surface area contributed by atoms with Gasteiger partial charge in [-0.15, -0.1) is 0 Å². The number of carbonyl (C=O) groups is 7. The number of anilines is 1. The van der Waals surface area contributed by atoms with Crippen molar-refractivity contribution in [2.75, 3.05) is 52.1 Å². The van der Waals surface area contributed by atoms with E-state index in [1.54, 1.807) is 30.3 Å². The number of methoxy groups -OCH3 is 1. The number of nitrogens with one attached hydrogen (secondary N) is 3. The van der Waals surface area contributed by atoms with E-state index in [1.807, 2.05) is 0 Å². The number of hydrogen-bond acceptors (Lipinski definition) is 16. The monoisotopic (exact) mass is 927 g/mol. The normalized spacial score (nSPS) is 11.2. The fraction of sp³-hybridized carbons (Fsp3) is 0.341. The van der Waals surface area contributed by atoms with Gasteiger partial charge in [0.25, 0.3) is 5.69 Å². The molecule has 6 amide bonds. The largest absolute Gasteiger partial charge is 0.467 e. The Morgan fingerprint density at radius 2 is 1.66 bits per heavy atom. The number of alkyl carbamates (subject to hydrolysis) is 1. The Kier molecular flexibility index (Phi) is 17.5. The quantitative estimate of drug-likeness (QED) is 0.0118. The van der Waals surface area contributed by atoms with Crippen molar-refractivity contribution in [2.24, 2.45) is 16.5 Å². The van der Waals surface area contributed by atoms with Gasteiger partial charge in [0.2, 0.25) is 29.5 Å². The average Bonchev–Trinajstić information content (AvgIpc) is 3.91. The van der Waals surface area contributed by atoms with Gasteiger partial charge >= 0.3 is 12.1 Å². The number of imide groups is 1. The number of amides is 6. The molecule has 0 saturated carbocycles. The molecule has 5 rings (SSSR count). The highest BCUT2D eigenvalue weighted by Crippen LogP contribution is 2.22. The van der Waals surface area contributed by atoms with E-state index in [0.29, 0.717) is 22.2 Å². The summed E-state index contributed by atoms with van der Waals surface area (Å²) in [6, 6.07) is 13.4.